The minimum absolute atomic E-state index is 0.872. The summed E-state index contributed by atoms with van der Waals surface area (Å²) in [5, 5.41) is 225. The molecule has 0 radical (unpaired) electrons. The van der Waals surface area contributed by atoms with Gasteiger partial charge in [0, 0.05) is 47.0 Å². The number of carbonyl (C=O) groups is 7. The first-order valence-electron chi connectivity index (χ1n) is 26.4. The van der Waals surface area contributed by atoms with Crippen molar-refractivity contribution in [3.8, 4) is 0 Å². The molecule has 39 heteroatoms. The standard InChI is InChI=1S/C47H78N4O35/c1-14(57)48-18(8-52)36(81-41-35(72)40(33(70)25(11-55)80-41)86-47(44(77)78)7-21(63)28(50-16(3)59)38(85-47)31(68)23(65)10-54)32(69)24(66)13-79-45(42(73)74)5-19(61)29(51-17(4)60)39(83-45)34(71)26(12-56)82-46(43(75)76)6-20(62)27(49-15(2)58)37(84-46)30(67)22(64)9-53/h18-41,52-56,61-72H,5-13H2,1-4H3,(H,48,57)(H,49,58)(H,50,59)(H,51,60)(H,73,74)(H,75,76)(H,77,78)/t18-,19-,20-,21-,22+,23+,24+,25+,26+,27+,28+,29+,30+,31+,32-,33-,34+,35+,36+,37+,38+,39+,40-,41-,45+,46+,47-/m0/s1. The second kappa shape index (κ2) is 31.2. The quantitative estimate of drug-likeness (QED) is 0.0318. The zero-order chi connectivity index (χ0) is 65.2. The van der Waals surface area contributed by atoms with Gasteiger partial charge in [0.2, 0.25) is 23.6 Å². The number of carboxylic acid groups (broad SMARTS) is 3. The molecule has 24 N–H and O–H groups in total. The van der Waals surface area contributed by atoms with Gasteiger partial charge in [0.15, 0.2) is 6.29 Å². The van der Waals surface area contributed by atoms with E-state index in [0.29, 0.717) is 0 Å². The lowest BCUT2D eigenvalue weighted by molar-refractivity contribution is -0.376. The average Bonchev–Trinajstić information content (AvgIpc) is 0.883. The molecule has 0 aromatic carbocycles. The molecule has 0 aromatic rings. The molecule has 39 nitrogen and oxygen atoms in total. The van der Waals surface area contributed by atoms with Crippen LogP contribution in [0.25, 0.3) is 0 Å². The molecule has 4 saturated heterocycles. The minimum atomic E-state index is -3.37. The summed E-state index contributed by atoms with van der Waals surface area (Å²) in [6.45, 7) is -4.25. The van der Waals surface area contributed by atoms with Gasteiger partial charge in [-0.05, 0) is 0 Å². The average molecular weight is 1260 g/mol. The van der Waals surface area contributed by atoms with E-state index in [1.807, 2.05) is 0 Å². The minimum Gasteiger partial charge on any atom is -0.477 e. The van der Waals surface area contributed by atoms with E-state index in [1.165, 1.54) is 0 Å². The van der Waals surface area contributed by atoms with Crippen molar-refractivity contribution in [1.82, 2.24) is 21.3 Å². The molecule has 0 aliphatic carbocycles. The van der Waals surface area contributed by atoms with E-state index in [-0.39, 0.29) is 0 Å². The molecule has 0 unspecified atom stereocenters. The highest BCUT2D eigenvalue weighted by molar-refractivity contribution is 5.78. The molecule has 4 aliphatic rings. The first kappa shape index (κ1) is 73.8. The number of nitrogens with one attached hydrogen (secondary N) is 4. The Balaban J connectivity index is 1.71. The van der Waals surface area contributed by atoms with Crippen LogP contribution < -0.4 is 21.3 Å². The van der Waals surface area contributed by atoms with Crippen molar-refractivity contribution in [2.45, 2.75) is 211 Å². The van der Waals surface area contributed by atoms with E-state index >= 15 is 0 Å². The fraction of sp³-hybridized carbons (Fsp3) is 0.851. The van der Waals surface area contributed by atoms with Crippen LogP contribution in [0.15, 0.2) is 0 Å². The van der Waals surface area contributed by atoms with Crippen LogP contribution in [0.5, 0.6) is 0 Å². The van der Waals surface area contributed by atoms with Crippen LogP contribution in [0.2, 0.25) is 0 Å². The van der Waals surface area contributed by atoms with Crippen LogP contribution >= 0.6 is 0 Å². The monoisotopic (exact) mass is 1260 g/mol. The van der Waals surface area contributed by atoms with Crippen molar-refractivity contribution in [2.75, 3.05) is 39.6 Å². The molecule has 0 bridgehead atoms. The molecule has 0 aromatic heterocycles. The van der Waals surface area contributed by atoms with Crippen molar-refractivity contribution in [3.05, 3.63) is 0 Å². The molecule has 4 fully saturated rings. The van der Waals surface area contributed by atoms with Crippen LogP contribution in [-0.4, -0.2) is 347 Å². The highest BCUT2D eigenvalue weighted by Gasteiger charge is 2.62. The van der Waals surface area contributed by atoms with E-state index in [9.17, 15) is 136 Å². The number of aliphatic hydroxyl groups excluding tert-OH is 17. The first-order chi connectivity index (χ1) is 40.0. The van der Waals surface area contributed by atoms with Crippen LogP contribution in [0, 0.1) is 0 Å². The lowest BCUT2D eigenvalue weighted by Crippen LogP contribution is -2.71. The topological polar surface area (TPSA) is 646 Å². The van der Waals surface area contributed by atoms with Crippen LogP contribution in [-0.2, 0) is 71.5 Å². The fourth-order valence-electron chi connectivity index (χ4n) is 10.2. The summed E-state index contributed by atoms with van der Waals surface area (Å²) < 4.78 is 44.8. The maximum atomic E-state index is 13.2. The Morgan fingerprint density at radius 2 is 0.953 bits per heavy atom. The van der Waals surface area contributed by atoms with Gasteiger partial charge in [-0.2, -0.15) is 0 Å². The van der Waals surface area contributed by atoms with Gasteiger partial charge in [0.05, 0.1) is 82.1 Å². The number of aliphatic carboxylic acids is 3. The van der Waals surface area contributed by atoms with Gasteiger partial charge in [-0.1, -0.05) is 0 Å². The third kappa shape index (κ3) is 17.0. The highest BCUT2D eigenvalue weighted by Crippen LogP contribution is 2.41. The summed E-state index contributed by atoms with van der Waals surface area (Å²) >= 11 is 0. The lowest BCUT2D eigenvalue weighted by atomic mass is 9.87. The number of carbonyl (C=O) groups excluding carboxylic acids is 4. The van der Waals surface area contributed by atoms with Gasteiger partial charge < -0.3 is 161 Å². The van der Waals surface area contributed by atoms with Gasteiger partial charge in [-0.25, -0.2) is 14.4 Å². The number of hydrogen-bond donors (Lipinski definition) is 24. The normalized spacial score (nSPS) is 36.7. The van der Waals surface area contributed by atoms with E-state index < -0.39 is 264 Å². The third-order valence-electron chi connectivity index (χ3n) is 14.5. The molecule has 4 rings (SSSR count). The lowest BCUT2D eigenvalue weighted by Gasteiger charge is -2.50. The van der Waals surface area contributed by atoms with Crippen LogP contribution in [0.3, 0.4) is 0 Å². The summed E-state index contributed by atoms with van der Waals surface area (Å²) in [4.78, 5) is 88.3. The predicted molar refractivity (Wildman–Crippen MR) is 267 cm³/mol. The Kier molecular flexibility index (Phi) is 26.7. The number of aliphatic hydroxyl groups is 17. The van der Waals surface area contributed by atoms with Crippen molar-refractivity contribution in [1.29, 1.82) is 0 Å². The molecule has 0 saturated carbocycles. The summed E-state index contributed by atoms with van der Waals surface area (Å²) in [7, 11) is 0. The Bertz CT molecular complexity index is 2300. The van der Waals surface area contributed by atoms with Crippen LogP contribution in [0.4, 0.5) is 0 Å². The maximum absolute atomic E-state index is 13.2. The summed E-state index contributed by atoms with van der Waals surface area (Å²) in [5.74, 6) is -20.3. The van der Waals surface area contributed by atoms with Gasteiger partial charge in [-0.15, -0.1) is 0 Å². The molecule has 0 spiro atoms. The molecule has 4 amide bonds. The van der Waals surface area contributed by atoms with E-state index in [1.54, 1.807) is 0 Å². The summed E-state index contributed by atoms with van der Waals surface area (Å²) in [6.07, 6.45) is -50.2. The Labute approximate surface area is 486 Å². The Morgan fingerprint density at radius 3 is 1.35 bits per heavy atom. The number of amides is 4. The predicted octanol–water partition coefficient (Wildman–Crippen LogP) is -14.1. The second-order valence-corrected chi connectivity index (χ2v) is 21.0. The number of carboxylic acids is 3. The van der Waals surface area contributed by atoms with Gasteiger partial charge in [0.1, 0.15) is 97.7 Å². The van der Waals surface area contributed by atoms with E-state index in [0.717, 1.165) is 27.7 Å². The number of hydrogen-bond acceptors (Lipinski definition) is 32. The zero-order valence-electron chi connectivity index (χ0n) is 46.3. The summed E-state index contributed by atoms with van der Waals surface area (Å²) in [6, 6.07) is -7.37. The van der Waals surface area contributed by atoms with Crippen LogP contribution in [0.1, 0.15) is 47.0 Å². The Morgan fingerprint density at radius 1 is 0.535 bits per heavy atom. The number of rotatable bonds is 30. The molecule has 27 atom stereocenters. The molecular weight excluding hydrogens is 1180 g/mol. The van der Waals surface area contributed by atoms with Gasteiger partial charge in [0.25, 0.3) is 17.4 Å². The van der Waals surface area contributed by atoms with Gasteiger partial charge in [-0.3, -0.25) is 19.2 Å². The van der Waals surface area contributed by atoms with Crippen molar-refractivity contribution in [2.24, 2.45) is 0 Å². The fourth-order valence-corrected chi connectivity index (χ4v) is 10.2. The highest BCUT2D eigenvalue weighted by atomic mass is 16.8. The molecule has 496 valence electrons. The molecule has 4 heterocycles. The SMILES string of the molecule is CC(=O)N[C@H]1[C@H]([C@H](O)[C@H](O)CO)O[C@@](O[C@H](CO)[C@@H](O)[C@@H]2O[C@@](OC[C@@H](O)[C@H](O)[C@H](O[C@@H]3O[C@H](CO)[C@H](O)[C@H](O[C@]4(C(=O)O)C[C@H](O)[C@@H](NC(C)=O)[C@H]([C@H](O)[C@H](O)CO)O4)[C@H]3O)[C@H](CO)NC(C)=O)(C(=O)O)C[C@H](O)[C@H]2NC(C)=O)(C(=O)O)C[C@@H]1O. The Hall–Kier alpha value is -4.71. The van der Waals surface area contributed by atoms with Crippen molar-refractivity contribution >= 4 is 41.5 Å². The molecular formula is C47H78N4O35. The first-order valence-corrected chi connectivity index (χ1v) is 26.4. The third-order valence-corrected chi connectivity index (χ3v) is 14.5. The maximum Gasteiger partial charge on any atom is 0.364 e. The number of ether oxygens (including phenoxy) is 8. The van der Waals surface area contributed by atoms with Crippen molar-refractivity contribution < 1.29 is 174 Å². The largest absolute Gasteiger partial charge is 0.477 e. The molecule has 4 aliphatic heterocycles. The van der Waals surface area contributed by atoms with Crippen molar-refractivity contribution in [3.63, 3.8) is 0 Å². The second-order valence-electron chi connectivity index (χ2n) is 21.0. The molecule has 86 heavy (non-hydrogen) atoms. The smallest absolute Gasteiger partial charge is 0.364 e. The summed E-state index contributed by atoms with van der Waals surface area (Å²) in [5.41, 5.74) is 0. The van der Waals surface area contributed by atoms with Gasteiger partial charge >= 0.3 is 17.9 Å². The zero-order valence-corrected chi connectivity index (χ0v) is 46.3. The van der Waals surface area contributed by atoms with E-state index in [4.69, 9.17) is 37.9 Å². The van der Waals surface area contributed by atoms with E-state index in [2.05, 4.69) is 21.3 Å².